The van der Waals surface area contributed by atoms with Gasteiger partial charge in [-0.25, -0.2) is 9.07 Å². The van der Waals surface area contributed by atoms with Crippen molar-refractivity contribution in [1.82, 2.24) is 15.1 Å². The van der Waals surface area contributed by atoms with Crippen LogP contribution < -0.4 is 10.9 Å². The summed E-state index contributed by atoms with van der Waals surface area (Å²) in [6, 6.07) is 19.8. The van der Waals surface area contributed by atoms with Crippen molar-refractivity contribution in [2.24, 2.45) is 0 Å². The molecule has 0 saturated carbocycles. The lowest BCUT2D eigenvalue weighted by Gasteiger charge is -2.17. The monoisotopic (exact) mass is 479 g/mol. The number of aliphatic carboxylic acids is 1. The van der Waals surface area contributed by atoms with Crippen LogP contribution >= 0.6 is 11.6 Å². The molecule has 1 atom stereocenters. The molecule has 0 bridgehead atoms. The molecule has 4 rings (SSSR count). The second kappa shape index (κ2) is 9.76. The number of nitrogens with zero attached hydrogens (tertiary/aromatic N) is 1. The molecular weight excluding hydrogens is 461 g/mol. The molecule has 0 radical (unpaired) electrons. The van der Waals surface area contributed by atoms with Crippen molar-refractivity contribution < 1.29 is 19.1 Å². The molecule has 7 nitrogen and oxygen atoms in total. The van der Waals surface area contributed by atoms with Crippen molar-refractivity contribution in [3.8, 4) is 16.8 Å². The standard InChI is InChI=1S/C25H19ClFN3O4/c26-19-3-1-2-4-22(19)30-23(31)13-21(29-30)25(34)28-20(14-24(32)33)17-7-5-15(6-8-17)16-9-11-18(27)12-10-16/h1-13,20,29H,14H2,(H,28,34)(H,32,33)/t20-/m0/s1. The summed E-state index contributed by atoms with van der Waals surface area (Å²) in [5.74, 6) is -2.09. The number of aromatic amines is 1. The summed E-state index contributed by atoms with van der Waals surface area (Å²) >= 11 is 6.14. The van der Waals surface area contributed by atoms with Crippen molar-refractivity contribution in [3.05, 3.63) is 111 Å². The largest absolute Gasteiger partial charge is 0.481 e. The fourth-order valence-electron chi connectivity index (χ4n) is 3.54. The second-order valence-electron chi connectivity index (χ2n) is 7.55. The van der Waals surface area contributed by atoms with Crippen LogP contribution in [0.2, 0.25) is 5.02 Å². The zero-order valence-corrected chi connectivity index (χ0v) is 18.4. The van der Waals surface area contributed by atoms with E-state index in [9.17, 15) is 23.9 Å². The van der Waals surface area contributed by atoms with Crippen molar-refractivity contribution in [1.29, 1.82) is 0 Å². The number of hydrogen-bond acceptors (Lipinski definition) is 3. The maximum absolute atomic E-state index is 13.2. The Balaban J connectivity index is 1.57. The summed E-state index contributed by atoms with van der Waals surface area (Å²) in [6.45, 7) is 0. The predicted molar refractivity (Wildman–Crippen MR) is 126 cm³/mol. The summed E-state index contributed by atoms with van der Waals surface area (Å²) in [5, 5.41) is 15.1. The molecule has 1 amide bonds. The van der Waals surface area contributed by atoms with E-state index in [0.717, 1.165) is 21.9 Å². The Morgan fingerprint density at radius 2 is 1.62 bits per heavy atom. The molecule has 0 unspecified atom stereocenters. The molecule has 0 saturated heterocycles. The highest BCUT2D eigenvalue weighted by Crippen LogP contribution is 2.24. The number of H-pyrrole nitrogens is 1. The first-order valence-corrected chi connectivity index (χ1v) is 10.6. The van der Waals surface area contributed by atoms with Gasteiger partial charge in [0.05, 0.1) is 23.2 Å². The van der Waals surface area contributed by atoms with Crippen molar-refractivity contribution in [3.63, 3.8) is 0 Å². The third-order valence-corrected chi connectivity index (χ3v) is 5.55. The van der Waals surface area contributed by atoms with E-state index in [1.807, 2.05) is 0 Å². The van der Waals surface area contributed by atoms with E-state index in [2.05, 4.69) is 10.4 Å². The number of benzene rings is 3. The number of halogens is 2. The van der Waals surface area contributed by atoms with Gasteiger partial charge in [0.25, 0.3) is 11.5 Å². The van der Waals surface area contributed by atoms with Crippen LogP contribution in [0.4, 0.5) is 4.39 Å². The Kier molecular flexibility index (Phi) is 6.60. The van der Waals surface area contributed by atoms with E-state index in [1.165, 1.54) is 12.1 Å². The van der Waals surface area contributed by atoms with Crippen LogP contribution in [0.25, 0.3) is 16.8 Å². The number of carbonyl (C=O) groups excluding carboxylic acids is 1. The lowest BCUT2D eigenvalue weighted by atomic mass is 9.99. The van der Waals surface area contributed by atoms with Crippen LogP contribution in [-0.4, -0.2) is 26.8 Å². The van der Waals surface area contributed by atoms with E-state index in [1.54, 1.807) is 60.7 Å². The molecule has 4 aromatic rings. The van der Waals surface area contributed by atoms with Gasteiger partial charge in [0, 0.05) is 6.07 Å². The smallest absolute Gasteiger partial charge is 0.305 e. The van der Waals surface area contributed by atoms with Crippen LogP contribution in [0.5, 0.6) is 0 Å². The summed E-state index contributed by atoms with van der Waals surface area (Å²) in [6.07, 6.45) is -0.364. The Labute approximate surface area is 198 Å². The number of carboxylic acid groups (broad SMARTS) is 1. The number of rotatable bonds is 7. The van der Waals surface area contributed by atoms with E-state index in [0.29, 0.717) is 16.3 Å². The average Bonchev–Trinajstić information content (AvgIpc) is 3.21. The number of carbonyl (C=O) groups is 2. The molecule has 0 fully saturated rings. The number of carboxylic acids is 1. The fraction of sp³-hybridized carbons (Fsp3) is 0.0800. The number of hydrogen-bond donors (Lipinski definition) is 3. The highest BCUT2D eigenvalue weighted by Gasteiger charge is 2.21. The quantitative estimate of drug-likeness (QED) is 0.361. The van der Waals surface area contributed by atoms with Crippen LogP contribution in [-0.2, 0) is 4.79 Å². The summed E-state index contributed by atoms with van der Waals surface area (Å²) in [7, 11) is 0. The number of para-hydroxylation sites is 1. The first kappa shape index (κ1) is 23.0. The summed E-state index contributed by atoms with van der Waals surface area (Å²) < 4.78 is 14.3. The molecule has 0 spiro atoms. The third kappa shape index (κ3) is 5.07. The highest BCUT2D eigenvalue weighted by atomic mass is 35.5. The average molecular weight is 480 g/mol. The Morgan fingerprint density at radius 3 is 2.24 bits per heavy atom. The zero-order chi connectivity index (χ0) is 24.2. The fourth-order valence-corrected chi connectivity index (χ4v) is 3.76. The van der Waals surface area contributed by atoms with E-state index in [-0.39, 0.29) is 17.9 Å². The van der Waals surface area contributed by atoms with Crippen LogP contribution in [0, 0.1) is 5.82 Å². The van der Waals surface area contributed by atoms with Crippen LogP contribution in [0.15, 0.2) is 83.7 Å². The Bertz CT molecular complexity index is 1390. The van der Waals surface area contributed by atoms with Crippen molar-refractivity contribution >= 4 is 23.5 Å². The van der Waals surface area contributed by atoms with E-state index < -0.39 is 23.5 Å². The van der Waals surface area contributed by atoms with Crippen LogP contribution in [0.3, 0.4) is 0 Å². The zero-order valence-electron chi connectivity index (χ0n) is 17.7. The molecule has 1 aromatic heterocycles. The molecule has 3 aromatic carbocycles. The van der Waals surface area contributed by atoms with Gasteiger partial charge in [0.15, 0.2) is 0 Å². The molecule has 0 aliphatic carbocycles. The predicted octanol–water partition coefficient (Wildman–Crippen LogP) is 4.57. The molecule has 34 heavy (non-hydrogen) atoms. The molecule has 172 valence electrons. The normalized spacial score (nSPS) is 11.7. The molecule has 0 aliphatic rings. The number of amides is 1. The highest BCUT2D eigenvalue weighted by molar-refractivity contribution is 6.32. The molecule has 3 N–H and O–H groups in total. The van der Waals surface area contributed by atoms with Gasteiger partial charge in [-0.05, 0) is 41.0 Å². The minimum Gasteiger partial charge on any atom is -0.481 e. The van der Waals surface area contributed by atoms with E-state index in [4.69, 9.17) is 11.6 Å². The van der Waals surface area contributed by atoms with E-state index >= 15 is 0 Å². The van der Waals surface area contributed by atoms with Gasteiger partial charge in [-0.1, -0.05) is 60.1 Å². The molecule has 0 aliphatic heterocycles. The third-order valence-electron chi connectivity index (χ3n) is 5.23. The lowest BCUT2D eigenvalue weighted by Crippen LogP contribution is -2.30. The summed E-state index contributed by atoms with van der Waals surface area (Å²) in [5.41, 5.74) is 2.02. The van der Waals surface area contributed by atoms with Gasteiger partial charge < -0.3 is 10.4 Å². The van der Waals surface area contributed by atoms with Gasteiger partial charge >= 0.3 is 5.97 Å². The maximum Gasteiger partial charge on any atom is 0.305 e. The first-order valence-electron chi connectivity index (χ1n) is 10.3. The minimum absolute atomic E-state index is 0.0387. The van der Waals surface area contributed by atoms with Gasteiger partial charge in [-0.15, -0.1) is 0 Å². The molecular formula is C25H19ClFN3O4. The Morgan fingerprint density at radius 1 is 1.00 bits per heavy atom. The van der Waals surface area contributed by atoms with Gasteiger partial charge in [0.2, 0.25) is 0 Å². The summed E-state index contributed by atoms with van der Waals surface area (Å²) in [4.78, 5) is 36.7. The SMILES string of the molecule is O=C(O)C[C@H](NC(=O)c1cc(=O)n(-c2ccccc2Cl)[nH]1)c1ccc(-c2ccc(F)cc2)cc1. The van der Waals surface area contributed by atoms with Gasteiger partial charge in [-0.2, -0.15) is 0 Å². The molecule has 9 heteroatoms. The second-order valence-corrected chi connectivity index (χ2v) is 7.95. The number of aromatic nitrogens is 2. The minimum atomic E-state index is -1.10. The lowest BCUT2D eigenvalue weighted by molar-refractivity contribution is -0.137. The van der Waals surface area contributed by atoms with Gasteiger partial charge in [0.1, 0.15) is 11.5 Å². The topological polar surface area (TPSA) is 104 Å². The van der Waals surface area contributed by atoms with Crippen molar-refractivity contribution in [2.45, 2.75) is 12.5 Å². The van der Waals surface area contributed by atoms with Crippen molar-refractivity contribution in [2.75, 3.05) is 0 Å². The first-order chi connectivity index (χ1) is 16.3. The van der Waals surface area contributed by atoms with Crippen LogP contribution in [0.1, 0.15) is 28.5 Å². The maximum atomic E-state index is 13.2. The Hall–Kier alpha value is -4.17. The van der Waals surface area contributed by atoms with Gasteiger partial charge in [-0.3, -0.25) is 19.5 Å². The molecule has 1 heterocycles. The number of nitrogens with one attached hydrogen (secondary N) is 2.